The van der Waals surface area contributed by atoms with Gasteiger partial charge in [0.2, 0.25) is 8.32 Å². The van der Waals surface area contributed by atoms with E-state index in [1.165, 1.54) is 0 Å². The van der Waals surface area contributed by atoms with E-state index >= 15 is 0 Å². The first-order valence-electron chi connectivity index (χ1n) is 11.7. The molecule has 0 aromatic rings. The first-order valence-corrected chi connectivity index (χ1v) is 16.8. The number of hydrogen-bond donors (Lipinski definition) is 0. The van der Waals surface area contributed by atoms with E-state index in [1.54, 1.807) is 0 Å². The van der Waals surface area contributed by atoms with Crippen molar-refractivity contribution in [1.82, 2.24) is 0 Å². The van der Waals surface area contributed by atoms with Gasteiger partial charge in [-0.2, -0.15) is 0 Å². The molecule has 1 aliphatic rings. The van der Waals surface area contributed by atoms with Crippen molar-refractivity contribution in [3.8, 4) is 0 Å². The van der Waals surface area contributed by atoms with E-state index in [0.717, 1.165) is 6.42 Å². The molecule has 0 aromatic carbocycles. The van der Waals surface area contributed by atoms with Gasteiger partial charge in [0, 0.05) is 18.9 Å². The van der Waals surface area contributed by atoms with Crippen LogP contribution in [0.15, 0.2) is 0 Å². The van der Waals surface area contributed by atoms with Gasteiger partial charge in [-0.25, -0.2) is 0 Å². The molecule has 5 heteroatoms. The second kappa shape index (κ2) is 9.26. The summed E-state index contributed by atoms with van der Waals surface area (Å²) in [4.78, 5) is 13.0. The molecule has 29 heavy (non-hydrogen) atoms. The van der Waals surface area contributed by atoms with Crippen molar-refractivity contribution in [3.63, 3.8) is 0 Å². The molecule has 0 amide bonds. The molecule has 172 valence electrons. The van der Waals surface area contributed by atoms with Crippen molar-refractivity contribution in [2.24, 2.45) is 11.3 Å². The fourth-order valence-electron chi connectivity index (χ4n) is 5.07. The number of carbonyl (C=O) groups is 1. The molecule has 0 aromatic heterocycles. The fourth-order valence-corrected chi connectivity index (χ4v) is 11.8. The highest BCUT2D eigenvalue weighted by molar-refractivity contribution is 6.77. The van der Waals surface area contributed by atoms with Crippen molar-refractivity contribution < 1.29 is 13.6 Å². The molecule has 2 atom stereocenters. The van der Waals surface area contributed by atoms with Crippen LogP contribution in [-0.4, -0.2) is 35.1 Å². The van der Waals surface area contributed by atoms with Gasteiger partial charge < -0.3 is 8.85 Å². The highest BCUT2D eigenvalue weighted by Crippen LogP contribution is 2.47. The maximum Gasteiger partial charge on any atom is 0.200 e. The van der Waals surface area contributed by atoms with Crippen LogP contribution in [0.5, 0.6) is 0 Å². The summed E-state index contributed by atoms with van der Waals surface area (Å²) in [6.07, 6.45) is 1.52. The van der Waals surface area contributed by atoms with Crippen LogP contribution in [0.2, 0.25) is 34.8 Å². The summed E-state index contributed by atoms with van der Waals surface area (Å²) in [7, 11) is -3.78. The summed E-state index contributed by atoms with van der Waals surface area (Å²) < 4.78 is 13.5. The minimum absolute atomic E-state index is 0.0375. The molecule has 0 radical (unpaired) electrons. The molecular formula is C24H50O3Si2. The van der Waals surface area contributed by atoms with E-state index in [0.29, 0.717) is 35.4 Å². The zero-order chi connectivity index (χ0) is 23.0. The fraction of sp³-hybridized carbons (Fsp3) is 0.958. The van der Waals surface area contributed by atoms with Gasteiger partial charge in [0.1, 0.15) is 5.78 Å². The van der Waals surface area contributed by atoms with Crippen LogP contribution < -0.4 is 0 Å². The van der Waals surface area contributed by atoms with Gasteiger partial charge in [0.05, 0.1) is 6.10 Å². The highest BCUT2D eigenvalue weighted by atomic mass is 28.4. The smallest absolute Gasteiger partial charge is 0.200 e. The van der Waals surface area contributed by atoms with E-state index in [2.05, 4.69) is 89.3 Å². The second-order valence-electron chi connectivity index (χ2n) is 12.6. The Morgan fingerprint density at radius 1 is 0.931 bits per heavy atom. The predicted molar refractivity (Wildman–Crippen MR) is 131 cm³/mol. The quantitative estimate of drug-likeness (QED) is 0.345. The average Bonchev–Trinajstić information content (AvgIpc) is 2.90. The van der Waals surface area contributed by atoms with Crippen LogP contribution in [0.1, 0.15) is 89.0 Å². The van der Waals surface area contributed by atoms with E-state index in [-0.39, 0.29) is 22.5 Å². The predicted octanol–water partition coefficient (Wildman–Crippen LogP) is 7.57. The summed E-state index contributed by atoms with van der Waals surface area (Å²) in [5.41, 5.74) is 1.49. The number of rotatable bonds is 9. The van der Waals surface area contributed by atoms with Gasteiger partial charge in [-0.3, -0.25) is 4.79 Å². The Balaban J connectivity index is 2.94. The third-order valence-electron chi connectivity index (χ3n) is 7.95. The Kier molecular flexibility index (Phi) is 8.64. The van der Waals surface area contributed by atoms with Crippen LogP contribution in [0.3, 0.4) is 0 Å². The number of Topliss-reactive ketones (excluding diaryl/α,β-unsaturated/α-hetero) is 1. The lowest BCUT2D eigenvalue weighted by Gasteiger charge is -2.44. The van der Waals surface area contributed by atoms with Crippen LogP contribution in [0.25, 0.3) is 0 Å². The molecule has 1 aliphatic carbocycles. The van der Waals surface area contributed by atoms with Gasteiger partial charge >= 0.3 is 0 Å². The summed E-state index contributed by atoms with van der Waals surface area (Å²) in [5, 5.41) is 0.186. The SMILES string of the molecule is CC(C)[Si](O[C@H]1CC(=O)[C@@H](C(C)(C)CO[Si](C)(C)C(C)(C)C)C1)(C(C)C)C(C)C. The Hall–Kier alpha value is 0.0238. The standard InChI is InChI=1S/C24H50O3Si2/c1-17(2)29(18(3)4,19(5)6)27-20-14-21(22(25)15-20)24(10,11)16-26-28(12,13)23(7,8)9/h17-21H,14-16H2,1-13H3/t20-,21+/m1/s1. The lowest BCUT2D eigenvalue weighted by Crippen LogP contribution is -2.50. The Morgan fingerprint density at radius 3 is 1.76 bits per heavy atom. The minimum Gasteiger partial charge on any atom is -0.416 e. The topological polar surface area (TPSA) is 35.5 Å². The van der Waals surface area contributed by atoms with Gasteiger partial charge in [-0.15, -0.1) is 0 Å². The largest absolute Gasteiger partial charge is 0.416 e. The molecule has 1 rings (SSSR count). The normalized spacial score (nSPS) is 22.4. The Bertz CT molecular complexity index is 537. The van der Waals surface area contributed by atoms with Crippen molar-refractivity contribution in [1.29, 1.82) is 0 Å². The average molecular weight is 443 g/mol. The van der Waals surface area contributed by atoms with Crippen LogP contribution in [-0.2, 0) is 13.6 Å². The van der Waals surface area contributed by atoms with Gasteiger partial charge in [-0.1, -0.05) is 76.2 Å². The second-order valence-corrected chi connectivity index (χ2v) is 22.8. The van der Waals surface area contributed by atoms with Crippen LogP contribution >= 0.6 is 0 Å². The number of ketones is 1. The lowest BCUT2D eigenvalue weighted by molar-refractivity contribution is -0.124. The molecule has 0 unspecified atom stereocenters. The molecular weight excluding hydrogens is 392 g/mol. The lowest BCUT2D eigenvalue weighted by atomic mass is 9.78. The maximum atomic E-state index is 13.0. The molecule has 1 fully saturated rings. The van der Waals surface area contributed by atoms with E-state index < -0.39 is 16.6 Å². The van der Waals surface area contributed by atoms with Crippen LogP contribution in [0, 0.1) is 11.3 Å². The van der Waals surface area contributed by atoms with Gasteiger partial charge in [-0.05, 0) is 46.6 Å². The van der Waals surface area contributed by atoms with Crippen molar-refractivity contribution >= 4 is 22.4 Å². The summed E-state index contributed by atoms with van der Waals surface area (Å²) >= 11 is 0. The summed E-state index contributed by atoms with van der Waals surface area (Å²) in [5.74, 6) is 0.411. The molecule has 1 saturated carbocycles. The molecule has 0 spiro atoms. The summed E-state index contributed by atoms with van der Waals surface area (Å²) in [6.45, 7) is 30.4. The number of carbonyl (C=O) groups excluding carboxylic acids is 1. The maximum absolute atomic E-state index is 13.0. The van der Waals surface area contributed by atoms with Crippen molar-refractivity contribution in [3.05, 3.63) is 0 Å². The number of hydrogen-bond acceptors (Lipinski definition) is 3. The van der Waals surface area contributed by atoms with Crippen molar-refractivity contribution in [2.75, 3.05) is 6.61 Å². The molecule has 0 aliphatic heterocycles. The monoisotopic (exact) mass is 442 g/mol. The zero-order valence-corrected chi connectivity index (χ0v) is 23.7. The Morgan fingerprint density at radius 2 is 1.38 bits per heavy atom. The van der Waals surface area contributed by atoms with E-state index in [1.807, 2.05) is 0 Å². The Labute approximate surface area is 184 Å². The summed E-state index contributed by atoms with van der Waals surface area (Å²) in [6, 6.07) is 0. The third kappa shape index (κ3) is 5.84. The molecule has 0 saturated heterocycles. The van der Waals surface area contributed by atoms with Gasteiger partial charge in [0.25, 0.3) is 0 Å². The molecule has 0 N–H and O–H groups in total. The van der Waals surface area contributed by atoms with Crippen molar-refractivity contribution in [2.45, 2.75) is 130 Å². The van der Waals surface area contributed by atoms with Crippen LogP contribution in [0.4, 0.5) is 0 Å². The molecule has 0 bridgehead atoms. The first-order chi connectivity index (χ1) is 12.9. The van der Waals surface area contributed by atoms with E-state index in [9.17, 15) is 4.79 Å². The molecule has 0 heterocycles. The third-order valence-corrected chi connectivity index (χ3v) is 18.6. The van der Waals surface area contributed by atoms with E-state index in [4.69, 9.17) is 8.85 Å². The minimum atomic E-state index is -1.96. The zero-order valence-electron chi connectivity index (χ0n) is 21.7. The van der Waals surface area contributed by atoms with Gasteiger partial charge in [0.15, 0.2) is 8.32 Å². The highest BCUT2D eigenvalue weighted by Gasteiger charge is 2.51. The first kappa shape index (κ1) is 27.1. The molecule has 3 nitrogen and oxygen atoms in total.